The maximum atomic E-state index is 12.0. The Kier molecular flexibility index (Phi) is 7.16. The lowest BCUT2D eigenvalue weighted by Gasteiger charge is -2.15. The highest BCUT2D eigenvalue weighted by Gasteiger charge is 2.29. The third-order valence-corrected chi connectivity index (χ3v) is 4.43. The fraction of sp³-hybridized carbons (Fsp3) is 0.533. The molecular weight excluding hydrogens is 366 g/mol. The highest BCUT2D eigenvalue weighted by Crippen LogP contribution is 2.31. The van der Waals surface area contributed by atoms with Crippen LogP contribution in [0.2, 0.25) is 0 Å². The Morgan fingerprint density at radius 2 is 2.23 bits per heavy atom. The Bertz CT molecular complexity index is 736. The van der Waals surface area contributed by atoms with Crippen LogP contribution in [-0.2, 0) is 23.9 Å². The van der Waals surface area contributed by atoms with E-state index in [2.05, 4.69) is 10.3 Å². The lowest BCUT2D eigenvalue weighted by atomic mass is 10.2. The van der Waals surface area contributed by atoms with E-state index < -0.39 is 29.3 Å². The van der Waals surface area contributed by atoms with E-state index >= 15 is 0 Å². The van der Waals surface area contributed by atoms with Crippen molar-refractivity contribution in [2.45, 2.75) is 37.9 Å². The zero-order valence-corrected chi connectivity index (χ0v) is 14.9. The first kappa shape index (κ1) is 19.9. The van der Waals surface area contributed by atoms with Crippen LogP contribution in [0.15, 0.2) is 17.1 Å². The molecule has 1 aromatic heterocycles. The van der Waals surface area contributed by atoms with Crippen molar-refractivity contribution in [1.29, 1.82) is 0 Å². The normalized spacial score (nSPS) is 19.1. The Morgan fingerprint density at radius 3 is 2.88 bits per heavy atom. The van der Waals surface area contributed by atoms with Gasteiger partial charge in [-0.1, -0.05) is 0 Å². The Balaban J connectivity index is 1.81. The number of carboxylic acids is 1. The number of amides is 1. The molecule has 11 heteroatoms. The summed E-state index contributed by atoms with van der Waals surface area (Å²) >= 11 is 1.39. The fourth-order valence-electron chi connectivity index (χ4n) is 2.18. The molecule has 26 heavy (non-hydrogen) atoms. The molecule has 0 aromatic carbocycles. The number of anilines is 1. The van der Waals surface area contributed by atoms with Gasteiger partial charge in [-0.25, -0.2) is 4.79 Å². The average Bonchev–Trinajstić information content (AvgIpc) is 3.01. The predicted octanol–water partition coefficient (Wildman–Crippen LogP) is 0.588. The van der Waals surface area contributed by atoms with Gasteiger partial charge in [-0.3, -0.25) is 19.0 Å². The number of thioether (sulfide) groups is 1. The van der Waals surface area contributed by atoms with Crippen LogP contribution in [-0.4, -0.2) is 50.3 Å². The molecule has 1 fully saturated rings. The molecule has 0 radical (unpaired) electrons. The van der Waals surface area contributed by atoms with Crippen molar-refractivity contribution in [2.24, 2.45) is 0 Å². The maximum Gasteiger partial charge on any atom is 0.351 e. The third kappa shape index (κ3) is 6.15. The molecule has 0 bridgehead atoms. The smallest absolute Gasteiger partial charge is 0.351 e. The van der Waals surface area contributed by atoms with Gasteiger partial charge in [0.05, 0.1) is 0 Å². The summed E-state index contributed by atoms with van der Waals surface area (Å²) in [5, 5.41) is 10.9. The van der Waals surface area contributed by atoms with Crippen LogP contribution in [0.5, 0.6) is 0 Å². The van der Waals surface area contributed by atoms with Crippen molar-refractivity contribution in [1.82, 2.24) is 9.55 Å². The number of carbonyl (C=O) groups excluding carboxylic acids is 2. The summed E-state index contributed by atoms with van der Waals surface area (Å²) in [4.78, 5) is 48.7. The quantitative estimate of drug-likeness (QED) is 0.616. The number of ether oxygens (including phenoxy) is 2. The van der Waals surface area contributed by atoms with Gasteiger partial charge in [0.2, 0.25) is 5.91 Å². The summed E-state index contributed by atoms with van der Waals surface area (Å²) in [6.45, 7) is 1.33. The highest BCUT2D eigenvalue weighted by molar-refractivity contribution is 8.00. The van der Waals surface area contributed by atoms with Gasteiger partial charge >= 0.3 is 17.6 Å². The highest BCUT2D eigenvalue weighted by atomic mass is 32.2. The molecule has 10 nitrogen and oxygen atoms in total. The van der Waals surface area contributed by atoms with E-state index in [9.17, 15) is 19.2 Å². The zero-order chi connectivity index (χ0) is 19.1. The summed E-state index contributed by atoms with van der Waals surface area (Å²) in [6, 6.07) is 1.49. The van der Waals surface area contributed by atoms with E-state index in [1.54, 1.807) is 0 Å². The van der Waals surface area contributed by atoms with E-state index in [0.29, 0.717) is 5.75 Å². The molecule has 2 atom stereocenters. The molecule has 0 spiro atoms. The molecule has 2 N–H and O–H groups in total. The first-order valence-electron chi connectivity index (χ1n) is 7.86. The van der Waals surface area contributed by atoms with Gasteiger partial charge in [-0.2, -0.15) is 4.98 Å². The van der Waals surface area contributed by atoms with Crippen LogP contribution >= 0.6 is 11.8 Å². The largest absolute Gasteiger partial charge is 0.481 e. The van der Waals surface area contributed by atoms with Crippen molar-refractivity contribution < 1.29 is 29.0 Å². The number of nitrogens with zero attached hydrogens (tertiary/aromatic N) is 2. The van der Waals surface area contributed by atoms with Crippen LogP contribution in [0.1, 0.15) is 32.4 Å². The first-order valence-corrected chi connectivity index (χ1v) is 8.91. The van der Waals surface area contributed by atoms with Crippen LogP contribution < -0.4 is 11.0 Å². The number of rotatable bonds is 8. The van der Waals surface area contributed by atoms with Crippen LogP contribution in [0.4, 0.5) is 5.82 Å². The van der Waals surface area contributed by atoms with E-state index in [-0.39, 0.29) is 37.6 Å². The summed E-state index contributed by atoms with van der Waals surface area (Å²) in [5.74, 6) is -1.14. The molecule has 1 aliphatic heterocycles. The number of hydrogen-bond donors (Lipinski definition) is 2. The van der Waals surface area contributed by atoms with Crippen LogP contribution in [0.3, 0.4) is 0 Å². The lowest BCUT2D eigenvalue weighted by molar-refractivity contribution is -0.147. The standard InChI is InChI=1S/C15H19N3O7S/c1-9(19)16-10-5-6-18(15(23)17-10)11-8-26-14(25-11)7-24-13(22)4-2-3-12(20)21/h5-6,11,14H,2-4,7-8H2,1H3,(H,20,21)(H,16,17,19,23)/t11-,14+/m0/s1. The Labute approximate surface area is 152 Å². The average molecular weight is 385 g/mol. The molecule has 2 heterocycles. The molecule has 1 saturated heterocycles. The molecule has 142 valence electrons. The van der Waals surface area contributed by atoms with E-state index in [1.807, 2.05) is 0 Å². The summed E-state index contributed by atoms with van der Waals surface area (Å²) in [6.07, 6.45) is 1.09. The number of carbonyl (C=O) groups is 3. The monoisotopic (exact) mass is 385 g/mol. The van der Waals surface area contributed by atoms with Gasteiger partial charge in [0.1, 0.15) is 24.1 Å². The van der Waals surface area contributed by atoms with Crippen molar-refractivity contribution in [2.75, 3.05) is 17.7 Å². The SMILES string of the molecule is CC(=O)Nc1ccn([C@@H]2CS[C@H](COC(=O)CCCC(=O)O)O2)c(=O)n1. The number of carboxylic acid groups (broad SMARTS) is 1. The maximum absolute atomic E-state index is 12.0. The van der Waals surface area contributed by atoms with E-state index in [0.717, 1.165) is 0 Å². The van der Waals surface area contributed by atoms with Crippen LogP contribution in [0.25, 0.3) is 0 Å². The van der Waals surface area contributed by atoms with Gasteiger partial charge in [0.25, 0.3) is 0 Å². The second-order valence-electron chi connectivity index (χ2n) is 5.47. The van der Waals surface area contributed by atoms with Gasteiger partial charge < -0.3 is 19.9 Å². The summed E-state index contributed by atoms with van der Waals surface area (Å²) in [5.41, 5.74) is -0.987. The second kappa shape index (κ2) is 9.34. The van der Waals surface area contributed by atoms with E-state index in [1.165, 1.54) is 35.5 Å². The van der Waals surface area contributed by atoms with E-state index in [4.69, 9.17) is 14.6 Å². The molecule has 0 aliphatic carbocycles. The number of hydrogen-bond acceptors (Lipinski definition) is 8. The van der Waals surface area contributed by atoms with Crippen LogP contribution in [0, 0.1) is 0 Å². The molecule has 1 aromatic rings. The summed E-state index contributed by atoms with van der Waals surface area (Å²) in [7, 11) is 0. The van der Waals surface area contributed by atoms with Gasteiger partial charge in [-0.05, 0) is 12.5 Å². The number of aromatic nitrogens is 2. The van der Waals surface area contributed by atoms with Crippen molar-refractivity contribution in [3.8, 4) is 0 Å². The number of aliphatic carboxylic acids is 1. The van der Waals surface area contributed by atoms with Crippen molar-refractivity contribution in [3.63, 3.8) is 0 Å². The molecule has 2 rings (SSSR count). The molecular formula is C15H19N3O7S. The predicted molar refractivity (Wildman–Crippen MR) is 91.6 cm³/mol. The molecule has 0 saturated carbocycles. The first-order chi connectivity index (χ1) is 12.3. The Morgan fingerprint density at radius 1 is 1.46 bits per heavy atom. The van der Waals surface area contributed by atoms with Gasteiger partial charge in [0.15, 0.2) is 0 Å². The van der Waals surface area contributed by atoms with Gasteiger partial charge in [-0.15, -0.1) is 11.8 Å². The Hall–Kier alpha value is -2.40. The molecule has 1 aliphatic rings. The molecule has 1 amide bonds. The number of nitrogens with one attached hydrogen (secondary N) is 1. The minimum Gasteiger partial charge on any atom is -0.481 e. The third-order valence-electron chi connectivity index (χ3n) is 3.33. The molecule has 0 unspecified atom stereocenters. The fourth-order valence-corrected chi connectivity index (χ4v) is 3.17. The van der Waals surface area contributed by atoms with Crippen molar-refractivity contribution in [3.05, 3.63) is 22.7 Å². The van der Waals surface area contributed by atoms with Gasteiger partial charge in [0, 0.05) is 31.7 Å². The van der Waals surface area contributed by atoms with Crippen molar-refractivity contribution >= 4 is 35.4 Å². The lowest BCUT2D eigenvalue weighted by Crippen LogP contribution is -2.29. The second-order valence-corrected chi connectivity index (χ2v) is 6.66. The number of esters is 1. The minimum atomic E-state index is -0.959. The topological polar surface area (TPSA) is 137 Å². The summed E-state index contributed by atoms with van der Waals surface area (Å²) < 4.78 is 12.0. The zero-order valence-electron chi connectivity index (χ0n) is 14.0. The minimum absolute atomic E-state index is 0.0131.